The van der Waals surface area contributed by atoms with Gasteiger partial charge in [0.2, 0.25) is 0 Å². The monoisotopic (exact) mass is 202 g/mol. The Morgan fingerprint density at radius 2 is 1.87 bits per heavy atom. The molecule has 1 heteroatoms. The molecule has 0 N–H and O–H groups in total. The van der Waals surface area contributed by atoms with Crippen molar-refractivity contribution < 1.29 is 4.39 Å². The van der Waals surface area contributed by atoms with Gasteiger partial charge in [0, 0.05) is 0 Å². The van der Waals surface area contributed by atoms with E-state index in [2.05, 4.69) is 19.1 Å². The minimum absolute atomic E-state index is 0.0741. The van der Waals surface area contributed by atoms with Crippen molar-refractivity contribution in [3.63, 3.8) is 0 Å². The minimum Gasteiger partial charge on any atom is -0.207 e. The molecule has 2 aromatic rings. The highest BCUT2D eigenvalue weighted by Crippen LogP contribution is 2.21. The van der Waals surface area contributed by atoms with Gasteiger partial charge in [-0.2, -0.15) is 0 Å². The Hall–Kier alpha value is -1.37. The van der Waals surface area contributed by atoms with Crippen LogP contribution in [0.3, 0.4) is 0 Å². The second-order valence-corrected chi connectivity index (χ2v) is 4.04. The van der Waals surface area contributed by atoms with Gasteiger partial charge in [0.1, 0.15) is 5.82 Å². The Morgan fingerprint density at radius 3 is 2.60 bits per heavy atom. The van der Waals surface area contributed by atoms with Crippen molar-refractivity contribution in [3.05, 3.63) is 47.3 Å². The highest BCUT2D eigenvalue weighted by atomic mass is 19.1. The van der Waals surface area contributed by atoms with Gasteiger partial charge in [0.15, 0.2) is 0 Å². The van der Waals surface area contributed by atoms with E-state index in [-0.39, 0.29) is 5.82 Å². The summed E-state index contributed by atoms with van der Waals surface area (Å²) in [6.07, 6.45) is 1.80. The molecule has 0 nitrogen and oxygen atoms in total. The number of hydrogen-bond acceptors (Lipinski definition) is 0. The van der Waals surface area contributed by atoms with Crippen LogP contribution < -0.4 is 0 Å². The van der Waals surface area contributed by atoms with Crippen molar-refractivity contribution >= 4 is 10.8 Å². The first-order valence-corrected chi connectivity index (χ1v) is 5.39. The number of rotatable bonds is 2. The van der Waals surface area contributed by atoms with Crippen molar-refractivity contribution in [2.24, 2.45) is 0 Å². The van der Waals surface area contributed by atoms with E-state index in [1.54, 1.807) is 6.07 Å². The molecule has 0 spiro atoms. The van der Waals surface area contributed by atoms with Crippen molar-refractivity contribution in [3.8, 4) is 0 Å². The summed E-state index contributed by atoms with van der Waals surface area (Å²) in [7, 11) is 0. The molecule has 0 atom stereocenters. The molecule has 0 radical (unpaired) electrons. The van der Waals surface area contributed by atoms with Gasteiger partial charge in [-0.1, -0.05) is 37.1 Å². The fourth-order valence-electron chi connectivity index (χ4n) is 1.90. The van der Waals surface area contributed by atoms with E-state index in [0.29, 0.717) is 0 Å². The van der Waals surface area contributed by atoms with Gasteiger partial charge in [-0.3, -0.25) is 0 Å². The molecule has 0 saturated heterocycles. The number of benzene rings is 2. The zero-order valence-electron chi connectivity index (χ0n) is 9.18. The van der Waals surface area contributed by atoms with Gasteiger partial charge in [-0.25, -0.2) is 4.39 Å². The molecule has 0 unspecified atom stereocenters. The van der Waals surface area contributed by atoms with Crippen molar-refractivity contribution in [2.75, 3.05) is 0 Å². The van der Waals surface area contributed by atoms with Gasteiger partial charge in [-0.15, -0.1) is 0 Å². The Kier molecular flexibility index (Phi) is 2.72. The minimum atomic E-state index is -0.0741. The summed E-state index contributed by atoms with van der Waals surface area (Å²) in [4.78, 5) is 0. The third-order valence-corrected chi connectivity index (χ3v) is 2.68. The Balaban J connectivity index is 2.60. The molecule has 0 aliphatic rings. The first kappa shape index (κ1) is 10.2. The lowest BCUT2D eigenvalue weighted by molar-refractivity contribution is 0.609. The standard InChI is InChI=1S/C14H15F/c1-3-4-12-8-11-6-5-10(2)7-13(11)9-14(12)15/h5-9H,3-4H2,1-2H3. The molecule has 78 valence electrons. The molecular weight excluding hydrogens is 187 g/mol. The molecule has 0 saturated carbocycles. The molecule has 0 aromatic heterocycles. The third-order valence-electron chi connectivity index (χ3n) is 2.68. The first-order valence-electron chi connectivity index (χ1n) is 5.39. The lowest BCUT2D eigenvalue weighted by atomic mass is 10.0. The summed E-state index contributed by atoms with van der Waals surface area (Å²) >= 11 is 0. The number of fused-ring (bicyclic) bond motifs is 1. The molecule has 0 bridgehead atoms. The maximum absolute atomic E-state index is 13.6. The van der Waals surface area contributed by atoms with E-state index in [1.807, 2.05) is 19.1 Å². The molecule has 2 rings (SSSR count). The molecule has 0 aliphatic heterocycles. The van der Waals surface area contributed by atoms with Crippen LogP contribution >= 0.6 is 0 Å². The van der Waals surface area contributed by atoms with Crippen LogP contribution in [-0.4, -0.2) is 0 Å². The topological polar surface area (TPSA) is 0 Å². The summed E-state index contributed by atoms with van der Waals surface area (Å²) in [6, 6.07) is 9.76. The average Bonchev–Trinajstić information content (AvgIpc) is 2.20. The summed E-state index contributed by atoms with van der Waals surface area (Å²) in [6.45, 7) is 4.09. The summed E-state index contributed by atoms with van der Waals surface area (Å²) in [5, 5.41) is 2.12. The van der Waals surface area contributed by atoms with Crippen LogP contribution in [0, 0.1) is 12.7 Å². The maximum atomic E-state index is 13.6. The van der Waals surface area contributed by atoms with E-state index < -0.39 is 0 Å². The highest BCUT2D eigenvalue weighted by Gasteiger charge is 2.03. The van der Waals surface area contributed by atoms with E-state index in [9.17, 15) is 4.39 Å². The van der Waals surface area contributed by atoms with E-state index in [4.69, 9.17) is 0 Å². The van der Waals surface area contributed by atoms with Crippen LogP contribution in [0.4, 0.5) is 4.39 Å². The second-order valence-electron chi connectivity index (χ2n) is 4.04. The lowest BCUT2D eigenvalue weighted by Crippen LogP contribution is -1.90. The zero-order valence-corrected chi connectivity index (χ0v) is 9.18. The number of hydrogen-bond donors (Lipinski definition) is 0. The first-order chi connectivity index (χ1) is 7.20. The van der Waals surface area contributed by atoms with Gasteiger partial charge in [0.05, 0.1) is 0 Å². The molecule has 0 heterocycles. The predicted molar refractivity (Wildman–Crippen MR) is 62.6 cm³/mol. The fourth-order valence-corrected chi connectivity index (χ4v) is 1.90. The van der Waals surface area contributed by atoms with Crippen LogP contribution in [0.2, 0.25) is 0 Å². The van der Waals surface area contributed by atoms with Gasteiger partial charge >= 0.3 is 0 Å². The Morgan fingerprint density at radius 1 is 1.07 bits per heavy atom. The van der Waals surface area contributed by atoms with Crippen molar-refractivity contribution in [1.82, 2.24) is 0 Å². The Bertz CT molecular complexity index is 486. The van der Waals surface area contributed by atoms with Gasteiger partial charge < -0.3 is 0 Å². The van der Waals surface area contributed by atoms with E-state index >= 15 is 0 Å². The molecule has 2 aromatic carbocycles. The number of aryl methyl sites for hydroxylation is 2. The third kappa shape index (κ3) is 2.01. The fraction of sp³-hybridized carbons (Fsp3) is 0.286. The largest absolute Gasteiger partial charge is 0.207 e. The van der Waals surface area contributed by atoms with E-state index in [1.165, 1.54) is 5.56 Å². The summed E-state index contributed by atoms with van der Waals surface area (Å²) < 4.78 is 13.6. The smallest absolute Gasteiger partial charge is 0.127 e. The lowest BCUT2D eigenvalue weighted by Gasteiger charge is -2.05. The second kappa shape index (κ2) is 4.01. The SMILES string of the molecule is CCCc1cc2ccc(C)cc2cc1F. The predicted octanol–water partition coefficient (Wildman–Crippen LogP) is 4.24. The highest BCUT2D eigenvalue weighted by molar-refractivity contribution is 5.84. The summed E-state index contributed by atoms with van der Waals surface area (Å²) in [5.41, 5.74) is 2.00. The van der Waals surface area contributed by atoms with Crippen LogP contribution in [-0.2, 0) is 6.42 Å². The van der Waals surface area contributed by atoms with Crippen molar-refractivity contribution in [2.45, 2.75) is 26.7 Å². The molecule has 0 aliphatic carbocycles. The Labute approximate surface area is 89.7 Å². The summed E-state index contributed by atoms with van der Waals surface area (Å²) in [5.74, 6) is -0.0741. The van der Waals surface area contributed by atoms with Crippen LogP contribution in [0.1, 0.15) is 24.5 Å². The average molecular weight is 202 g/mol. The molecule has 0 fully saturated rings. The van der Waals surface area contributed by atoms with Gasteiger partial charge in [-0.05, 0) is 41.8 Å². The molecule has 0 amide bonds. The number of halogens is 1. The normalized spacial score (nSPS) is 10.9. The van der Waals surface area contributed by atoms with Gasteiger partial charge in [0.25, 0.3) is 0 Å². The maximum Gasteiger partial charge on any atom is 0.127 e. The van der Waals surface area contributed by atoms with E-state index in [0.717, 1.165) is 29.2 Å². The molecular formula is C14H15F. The van der Waals surface area contributed by atoms with Crippen LogP contribution in [0.15, 0.2) is 30.3 Å². The molecule has 15 heavy (non-hydrogen) atoms. The quantitative estimate of drug-likeness (QED) is 0.683. The van der Waals surface area contributed by atoms with Crippen LogP contribution in [0.5, 0.6) is 0 Å². The van der Waals surface area contributed by atoms with Crippen molar-refractivity contribution in [1.29, 1.82) is 0 Å². The van der Waals surface area contributed by atoms with Crippen LogP contribution in [0.25, 0.3) is 10.8 Å². The zero-order chi connectivity index (χ0) is 10.8.